The van der Waals surface area contributed by atoms with E-state index >= 15 is 0 Å². The number of aryl methyl sites for hydroxylation is 1. The van der Waals surface area contributed by atoms with Gasteiger partial charge in [-0.2, -0.15) is 5.10 Å². The van der Waals surface area contributed by atoms with E-state index in [0.717, 1.165) is 22.4 Å². The van der Waals surface area contributed by atoms with Gasteiger partial charge in [0, 0.05) is 18.1 Å². The van der Waals surface area contributed by atoms with Crippen molar-refractivity contribution in [1.82, 2.24) is 5.01 Å². The third-order valence-corrected chi connectivity index (χ3v) is 5.48. The Labute approximate surface area is 183 Å². The van der Waals surface area contributed by atoms with Crippen molar-refractivity contribution in [2.24, 2.45) is 5.10 Å². The van der Waals surface area contributed by atoms with Gasteiger partial charge in [0.05, 0.1) is 26.0 Å². The van der Waals surface area contributed by atoms with Crippen molar-refractivity contribution in [3.8, 4) is 11.5 Å². The van der Waals surface area contributed by atoms with Gasteiger partial charge in [0.15, 0.2) is 10.4 Å². The third kappa shape index (κ3) is 3.98. The Balaban J connectivity index is 1.75. The summed E-state index contributed by atoms with van der Waals surface area (Å²) in [6.45, 7) is 2.03. The van der Waals surface area contributed by atoms with Crippen LogP contribution in [0.1, 0.15) is 39.7 Å². The van der Waals surface area contributed by atoms with Gasteiger partial charge in [-0.15, -0.1) is 0 Å². The minimum atomic E-state index is -0.295. The number of benzene rings is 2. The van der Waals surface area contributed by atoms with Crippen molar-refractivity contribution >= 4 is 27.5 Å². The van der Waals surface area contributed by atoms with Crippen LogP contribution in [0.5, 0.6) is 11.5 Å². The zero-order chi connectivity index (χ0) is 21.3. The van der Waals surface area contributed by atoms with Crippen LogP contribution in [0.15, 0.2) is 68.8 Å². The largest absolute Gasteiger partial charge is 0.497 e. The number of carbonyl (C=O) groups is 1. The summed E-state index contributed by atoms with van der Waals surface area (Å²) in [6.07, 6.45) is 0.563. The standard InChI is InChI=1S/C23H21BrN2O4/c1-14-4-6-15(7-5-14)20-13-19(16-10-17(28-2)12-18(11-16)29-3)25-26(20)23(27)21-8-9-22(24)30-21/h4-12,20H,13H2,1-3H3. The predicted octanol–water partition coefficient (Wildman–Crippen LogP) is 5.36. The molecule has 4 rings (SSSR count). The predicted molar refractivity (Wildman–Crippen MR) is 117 cm³/mol. The molecule has 0 fully saturated rings. The summed E-state index contributed by atoms with van der Waals surface area (Å²) < 4.78 is 16.8. The van der Waals surface area contributed by atoms with Crippen LogP contribution in [0.4, 0.5) is 0 Å². The lowest BCUT2D eigenvalue weighted by molar-refractivity contribution is 0.0677. The number of hydrazone groups is 1. The zero-order valence-corrected chi connectivity index (χ0v) is 18.5. The fourth-order valence-corrected chi connectivity index (χ4v) is 3.74. The average molecular weight is 469 g/mol. The highest BCUT2D eigenvalue weighted by Crippen LogP contribution is 2.36. The van der Waals surface area contributed by atoms with Gasteiger partial charge in [-0.05, 0) is 52.7 Å². The lowest BCUT2D eigenvalue weighted by Gasteiger charge is -2.21. The van der Waals surface area contributed by atoms with E-state index in [9.17, 15) is 4.79 Å². The molecule has 0 saturated heterocycles. The smallest absolute Gasteiger partial charge is 0.310 e. The van der Waals surface area contributed by atoms with E-state index in [1.807, 2.05) is 43.3 Å². The van der Waals surface area contributed by atoms with E-state index in [2.05, 4.69) is 21.0 Å². The average Bonchev–Trinajstić information content (AvgIpc) is 3.40. The number of methoxy groups -OCH3 is 2. The molecule has 1 aliphatic rings. The quantitative estimate of drug-likeness (QED) is 0.505. The molecule has 2 aromatic carbocycles. The number of hydrogen-bond acceptors (Lipinski definition) is 5. The Kier molecular flexibility index (Phi) is 5.63. The second-order valence-electron chi connectivity index (χ2n) is 7.03. The Morgan fingerprint density at radius 1 is 1.07 bits per heavy atom. The van der Waals surface area contributed by atoms with Crippen LogP contribution in [0.25, 0.3) is 0 Å². The van der Waals surface area contributed by atoms with E-state index in [1.165, 1.54) is 5.01 Å². The van der Waals surface area contributed by atoms with Crippen LogP contribution < -0.4 is 9.47 Å². The topological polar surface area (TPSA) is 64.3 Å². The van der Waals surface area contributed by atoms with Gasteiger partial charge in [-0.25, -0.2) is 5.01 Å². The highest BCUT2D eigenvalue weighted by Gasteiger charge is 2.35. The van der Waals surface area contributed by atoms with Crippen molar-refractivity contribution in [2.75, 3.05) is 14.2 Å². The monoisotopic (exact) mass is 468 g/mol. The van der Waals surface area contributed by atoms with Crippen molar-refractivity contribution in [3.05, 3.63) is 81.7 Å². The summed E-state index contributed by atoms with van der Waals surface area (Å²) in [5.41, 5.74) is 3.78. The molecule has 154 valence electrons. The number of amides is 1. The Morgan fingerprint density at radius 2 is 1.73 bits per heavy atom. The number of nitrogens with zero attached hydrogens (tertiary/aromatic N) is 2. The molecule has 0 saturated carbocycles. The van der Waals surface area contributed by atoms with Crippen molar-refractivity contribution in [3.63, 3.8) is 0 Å². The second-order valence-corrected chi connectivity index (χ2v) is 7.81. The van der Waals surface area contributed by atoms with Crippen LogP contribution in [-0.2, 0) is 0 Å². The lowest BCUT2D eigenvalue weighted by atomic mass is 9.97. The molecule has 7 heteroatoms. The first-order valence-electron chi connectivity index (χ1n) is 9.45. The first kappa shape index (κ1) is 20.2. The Hall–Kier alpha value is -3.06. The second kappa shape index (κ2) is 8.36. The van der Waals surface area contributed by atoms with Crippen LogP contribution in [0.3, 0.4) is 0 Å². The fourth-order valence-electron chi connectivity index (χ4n) is 3.44. The van der Waals surface area contributed by atoms with E-state index in [0.29, 0.717) is 22.6 Å². The maximum absolute atomic E-state index is 13.2. The van der Waals surface area contributed by atoms with Crippen LogP contribution in [0, 0.1) is 6.92 Å². The molecule has 6 nitrogen and oxygen atoms in total. The van der Waals surface area contributed by atoms with Gasteiger partial charge in [-0.3, -0.25) is 4.79 Å². The van der Waals surface area contributed by atoms with Gasteiger partial charge < -0.3 is 13.9 Å². The molecule has 0 bridgehead atoms. The van der Waals surface area contributed by atoms with Gasteiger partial charge in [0.1, 0.15) is 11.5 Å². The summed E-state index contributed by atoms with van der Waals surface area (Å²) >= 11 is 3.26. The first-order valence-corrected chi connectivity index (χ1v) is 10.2. The molecule has 1 aliphatic heterocycles. The summed E-state index contributed by atoms with van der Waals surface area (Å²) in [6, 6.07) is 16.8. The molecule has 1 unspecified atom stereocenters. The molecular weight excluding hydrogens is 448 g/mol. The molecule has 30 heavy (non-hydrogen) atoms. The molecule has 0 N–H and O–H groups in total. The molecule has 1 amide bonds. The zero-order valence-electron chi connectivity index (χ0n) is 16.9. The molecule has 0 aliphatic carbocycles. The van der Waals surface area contributed by atoms with Gasteiger partial charge in [0.25, 0.3) is 0 Å². The molecule has 2 heterocycles. The molecule has 0 radical (unpaired) electrons. The number of rotatable bonds is 5. The molecular formula is C23H21BrN2O4. The molecule has 1 aromatic heterocycles. The van der Waals surface area contributed by atoms with Crippen LogP contribution in [-0.4, -0.2) is 30.8 Å². The van der Waals surface area contributed by atoms with Crippen molar-refractivity contribution in [1.29, 1.82) is 0 Å². The van der Waals surface area contributed by atoms with Crippen molar-refractivity contribution < 1.29 is 18.7 Å². The van der Waals surface area contributed by atoms with Crippen LogP contribution >= 0.6 is 15.9 Å². The Morgan fingerprint density at radius 3 is 2.30 bits per heavy atom. The van der Waals surface area contributed by atoms with E-state index in [4.69, 9.17) is 13.9 Å². The third-order valence-electron chi connectivity index (χ3n) is 5.05. The Bertz CT molecular complexity index is 1080. The summed E-state index contributed by atoms with van der Waals surface area (Å²) in [7, 11) is 3.21. The van der Waals surface area contributed by atoms with Gasteiger partial charge in [0.2, 0.25) is 0 Å². The van der Waals surface area contributed by atoms with E-state index in [-0.39, 0.29) is 17.7 Å². The van der Waals surface area contributed by atoms with Gasteiger partial charge >= 0.3 is 5.91 Å². The normalized spacial score (nSPS) is 15.8. The number of furan rings is 1. The number of ether oxygens (including phenoxy) is 2. The summed E-state index contributed by atoms with van der Waals surface area (Å²) in [5, 5.41) is 6.19. The first-order chi connectivity index (χ1) is 14.5. The van der Waals surface area contributed by atoms with Crippen LogP contribution in [0.2, 0.25) is 0 Å². The van der Waals surface area contributed by atoms with E-state index < -0.39 is 0 Å². The number of hydrogen-bond donors (Lipinski definition) is 0. The number of halogens is 1. The maximum Gasteiger partial charge on any atom is 0.310 e. The minimum Gasteiger partial charge on any atom is -0.497 e. The van der Waals surface area contributed by atoms with E-state index in [1.54, 1.807) is 32.4 Å². The maximum atomic E-state index is 13.2. The van der Waals surface area contributed by atoms with Crippen molar-refractivity contribution in [2.45, 2.75) is 19.4 Å². The SMILES string of the molecule is COc1cc(OC)cc(C2=NN(C(=O)c3ccc(Br)o3)C(c3ccc(C)cc3)C2)c1. The molecule has 3 aromatic rings. The highest BCUT2D eigenvalue weighted by molar-refractivity contribution is 9.10. The lowest BCUT2D eigenvalue weighted by Crippen LogP contribution is -2.26. The highest BCUT2D eigenvalue weighted by atomic mass is 79.9. The molecule has 0 spiro atoms. The summed E-state index contributed by atoms with van der Waals surface area (Å²) in [4.78, 5) is 13.2. The minimum absolute atomic E-state index is 0.229. The summed E-state index contributed by atoms with van der Waals surface area (Å²) in [5.74, 6) is 1.26. The molecule has 1 atom stereocenters. The fraction of sp³-hybridized carbons (Fsp3) is 0.217. The van der Waals surface area contributed by atoms with Gasteiger partial charge in [-0.1, -0.05) is 29.8 Å². The number of carbonyl (C=O) groups excluding carboxylic acids is 1.